The fourth-order valence-electron chi connectivity index (χ4n) is 1.17. The van der Waals surface area contributed by atoms with Crippen LogP contribution in [0.3, 0.4) is 0 Å². The second kappa shape index (κ2) is 4.23. The average molecular weight is 187 g/mol. The van der Waals surface area contributed by atoms with Crippen LogP contribution < -0.4 is 0 Å². The molecule has 13 heavy (non-hydrogen) atoms. The first kappa shape index (κ1) is 9.98. The van der Waals surface area contributed by atoms with Crippen molar-refractivity contribution in [3.63, 3.8) is 0 Å². The number of carbonyl (C=O) groups is 1. The molecule has 0 aliphatic carbocycles. The summed E-state index contributed by atoms with van der Waals surface area (Å²) in [5.74, 6) is -0.849. The molecule has 5 heteroatoms. The van der Waals surface area contributed by atoms with E-state index in [-0.39, 0.29) is 5.92 Å². The Hall–Kier alpha value is -1.10. The molecule has 1 rings (SSSR count). The number of hydrogen-bond acceptors (Lipinski definition) is 4. The van der Waals surface area contributed by atoms with Crippen molar-refractivity contribution in [2.75, 3.05) is 13.7 Å². The molecule has 1 N–H and O–H groups in total. The van der Waals surface area contributed by atoms with Gasteiger partial charge in [0.05, 0.1) is 12.3 Å². The molecular weight excluding hydrogens is 174 g/mol. The van der Waals surface area contributed by atoms with Crippen molar-refractivity contribution >= 4 is 11.7 Å². The number of carboxylic acid groups (broad SMARTS) is 1. The summed E-state index contributed by atoms with van der Waals surface area (Å²) < 4.78 is 4.93. The number of ether oxygens (including phenoxy) is 1. The molecule has 0 bridgehead atoms. The zero-order valence-corrected chi connectivity index (χ0v) is 7.69. The Morgan fingerprint density at radius 3 is 3.08 bits per heavy atom. The van der Waals surface area contributed by atoms with Crippen LogP contribution in [0.15, 0.2) is 5.16 Å². The van der Waals surface area contributed by atoms with E-state index < -0.39 is 12.1 Å². The third kappa shape index (κ3) is 2.42. The van der Waals surface area contributed by atoms with Gasteiger partial charge < -0.3 is 14.7 Å². The van der Waals surface area contributed by atoms with Crippen LogP contribution in [-0.4, -0.2) is 36.6 Å². The number of aliphatic carboxylic acids is 1. The highest BCUT2D eigenvalue weighted by molar-refractivity contribution is 5.92. The first-order chi connectivity index (χ1) is 6.15. The first-order valence-electron chi connectivity index (χ1n) is 4.09. The molecule has 5 nitrogen and oxygen atoms in total. The van der Waals surface area contributed by atoms with Gasteiger partial charge in [-0.15, -0.1) is 0 Å². The van der Waals surface area contributed by atoms with Crippen LogP contribution in [0.1, 0.15) is 13.3 Å². The molecule has 0 amide bonds. The molecule has 1 aliphatic rings. The maximum absolute atomic E-state index is 10.5. The van der Waals surface area contributed by atoms with Gasteiger partial charge in [-0.25, -0.2) is 4.79 Å². The van der Waals surface area contributed by atoms with Crippen LogP contribution in [0.2, 0.25) is 0 Å². The molecular formula is C8H13NO4. The van der Waals surface area contributed by atoms with E-state index in [1.54, 1.807) is 7.11 Å². The Morgan fingerprint density at radius 1 is 1.92 bits per heavy atom. The van der Waals surface area contributed by atoms with Crippen molar-refractivity contribution in [2.24, 2.45) is 11.1 Å². The molecule has 0 aromatic rings. The molecule has 1 heterocycles. The van der Waals surface area contributed by atoms with Gasteiger partial charge in [0.1, 0.15) is 0 Å². The highest BCUT2D eigenvalue weighted by atomic mass is 16.7. The zero-order chi connectivity index (χ0) is 9.84. The van der Waals surface area contributed by atoms with Crippen LogP contribution in [0.4, 0.5) is 0 Å². The molecule has 0 spiro atoms. The number of nitrogens with zero attached hydrogens (tertiary/aromatic N) is 1. The van der Waals surface area contributed by atoms with E-state index >= 15 is 0 Å². The standard InChI is InChI=1S/C8H13NO4/c1-5(4-12-2)6-3-7(8(10)11)13-9-6/h5,7H,3-4H2,1-2H3,(H,10,11). The molecule has 0 radical (unpaired) electrons. The Labute approximate surface area is 76.3 Å². The van der Waals surface area contributed by atoms with Gasteiger partial charge in [0.25, 0.3) is 0 Å². The molecule has 0 aromatic carbocycles. The number of rotatable bonds is 4. The lowest BCUT2D eigenvalue weighted by atomic mass is 10.0. The minimum atomic E-state index is -0.969. The minimum absolute atomic E-state index is 0.120. The first-order valence-corrected chi connectivity index (χ1v) is 4.09. The largest absolute Gasteiger partial charge is 0.478 e. The van der Waals surface area contributed by atoms with Gasteiger partial charge in [0.15, 0.2) is 0 Å². The topological polar surface area (TPSA) is 68.1 Å². The smallest absolute Gasteiger partial charge is 0.348 e. The average Bonchev–Trinajstić information content (AvgIpc) is 2.52. The van der Waals surface area contributed by atoms with Gasteiger partial charge in [-0.2, -0.15) is 0 Å². The zero-order valence-electron chi connectivity index (χ0n) is 7.69. The molecule has 74 valence electrons. The van der Waals surface area contributed by atoms with Crippen LogP contribution in [0.5, 0.6) is 0 Å². The van der Waals surface area contributed by atoms with Crippen molar-refractivity contribution in [2.45, 2.75) is 19.4 Å². The van der Waals surface area contributed by atoms with Gasteiger partial charge in [-0.3, -0.25) is 0 Å². The summed E-state index contributed by atoms with van der Waals surface area (Å²) in [6, 6.07) is 0. The van der Waals surface area contributed by atoms with E-state index in [0.29, 0.717) is 13.0 Å². The highest BCUT2D eigenvalue weighted by Gasteiger charge is 2.29. The number of hydrogen-bond donors (Lipinski definition) is 1. The Kier molecular flexibility index (Phi) is 3.25. The number of carboxylic acids is 1. The van der Waals surface area contributed by atoms with E-state index in [1.807, 2.05) is 6.92 Å². The number of methoxy groups -OCH3 is 1. The Bertz CT molecular complexity index is 226. The summed E-state index contributed by atoms with van der Waals surface area (Å²) in [6.45, 7) is 2.46. The molecule has 0 aromatic heterocycles. The fraction of sp³-hybridized carbons (Fsp3) is 0.750. The Balaban J connectivity index is 2.43. The third-order valence-electron chi connectivity index (χ3n) is 1.95. The predicted octanol–water partition coefficient (Wildman–Crippen LogP) is 0.498. The van der Waals surface area contributed by atoms with E-state index in [0.717, 1.165) is 5.71 Å². The van der Waals surface area contributed by atoms with Gasteiger partial charge in [0, 0.05) is 19.4 Å². The second-order valence-corrected chi connectivity index (χ2v) is 3.08. The van der Waals surface area contributed by atoms with E-state index in [1.165, 1.54) is 0 Å². The van der Waals surface area contributed by atoms with Crippen molar-refractivity contribution in [1.29, 1.82) is 0 Å². The lowest BCUT2D eigenvalue weighted by Gasteiger charge is -2.07. The van der Waals surface area contributed by atoms with Gasteiger partial charge in [0.2, 0.25) is 6.10 Å². The summed E-state index contributed by atoms with van der Waals surface area (Å²) in [5.41, 5.74) is 0.759. The van der Waals surface area contributed by atoms with Crippen LogP contribution in [0, 0.1) is 5.92 Å². The van der Waals surface area contributed by atoms with Crippen molar-refractivity contribution in [1.82, 2.24) is 0 Å². The van der Waals surface area contributed by atoms with Crippen molar-refractivity contribution in [3.8, 4) is 0 Å². The molecule has 2 atom stereocenters. The summed E-state index contributed by atoms with van der Waals surface area (Å²) in [5, 5.41) is 12.3. The van der Waals surface area contributed by atoms with E-state index in [2.05, 4.69) is 5.16 Å². The number of oxime groups is 1. The van der Waals surface area contributed by atoms with Crippen molar-refractivity contribution in [3.05, 3.63) is 0 Å². The summed E-state index contributed by atoms with van der Waals surface area (Å²) >= 11 is 0. The van der Waals surface area contributed by atoms with Crippen LogP contribution in [0.25, 0.3) is 0 Å². The fourth-order valence-corrected chi connectivity index (χ4v) is 1.17. The van der Waals surface area contributed by atoms with E-state index in [4.69, 9.17) is 14.7 Å². The molecule has 0 saturated carbocycles. The highest BCUT2D eigenvalue weighted by Crippen LogP contribution is 2.16. The molecule has 0 fully saturated rings. The summed E-state index contributed by atoms with van der Waals surface area (Å²) in [6.07, 6.45) is -0.450. The normalized spacial score (nSPS) is 23.5. The van der Waals surface area contributed by atoms with E-state index in [9.17, 15) is 4.79 Å². The summed E-state index contributed by atoms with van der Waals surface area (Å²) in [4.78, 5) is 15.2. The minimum Gasteiger partial charge on any atom is -0.478 e. The predicted molar refractivity (Wildman–Crippen MR) is 45.6 cm³/mol. The SMILES string of the molecule is COCC(C)C1=NOC(C(=O)O)C1. The van der Waals surface area contributed by atoms with Gasteiger partial charge in [-0.05, 0) is 0 Å². The molecule has 1 aliphatic heterocycles. The lowest BCUT2D eigenvalue weighted by molar-refractivity contribution is -0.148. The summed E-state index contributed by atoms with van der Waals surface area (Å²) in [7, 11) is 1.60. The van der Waals surface area contributed by atoms with Crippen LogP contribution in [-0.2, 0) is 14.4 Å². The lowest BCUT2D eigenvalue weighted by Crippen LogP contribution is -2.22. The Morgan fingerprint density at radius 2 is 2.62 bits per heavy atom. The van der Waals surface area contributed by atoms with Gasteiger partial charge >= 0.3 is 5.97 Å². The van der Waals surface area contributed by atoms with Crippen molar-refractivity contribution < 1.29 is 19.5 Å². The maximum Gasteiger partial charge on any atom is 0.348 e. The molecule has 0 saturated heterocycles. The monoisotopic (exact) mass is 187 g/mol. The van der Waals surface area contributed by atoms with Gasteiger partial charge in [-0.1, -0.05) is 12.1 Å². The second-order valence-electron chi connectivity index (χ2n) is 3.08. The molecule has 2 unspecified atom stereocenters. The quantitative estimate of drug-likeness (QED) is 0.695. The third-order valence-corrected chi connectivity index (χ3v) is 1.95. The van der Waals surface area contributed by atoms with Crippen LogP contribution >= 0.6 is 0 Å². The maximum atomic E-state index is 10.5.